The average molecular weight is 550 g/mol. The van der Waals surface area contributed by atoms with Gasteiger partial charge in [0, 0.05) is 27.7 Å². The van der Waals surface area contributed by atoms with Crippen molar-refractivity contribution in [3.05, 3.63) is 108 Å². The molecule has 0 aliphatic carbocycles. The number of carbonyl (C=O) groups excluding carboxylic acids is 2. The largest absolute Gasteiger partial charge is 0.488 e. The lowest BCUT2D eigenvalue weighted by atomic mass is 10.1. The summed E-state index contributed by atoms with van der Waals surface area (Å²) in [5, 5.41) is 19.9. The summed E-state index contributed by atoms with van der Waals surface area (Å²) in [6, 6.07) is 20.3. The number of non-ortho nitro benzene ring substituents is 1. The number of hydrogen-bond acceptors (Lipinski definition) is 7. The monoisotopic (exact) mass is 549 g/mol. The number of nitriles is 1. The Bertz CT molecular complexity index is 1420. The third-order valence-corrected chi connectivity index (χ3v) is 6.52. The van der Waals surface area contributed by atoms with Gasteiger partial charge in [0.05, 0.1) is 28.0 Å². The number of amides is 2. The second-order valence-corrected chi connectivity index (χ2v) is 9.34. The maximum Gasteiger partial charge on any atom is 0.293 e. The number of hydrogen-bond donors (Lipinski definition) is 0. The second-order valence-electron chi connectivity index (χ2n) is 7.43. The molecule has 0 aromatic heterocycles. The first-order valence-corrected chi connectivity index (χ1v) is 11.9. The quantitative estimate of drug-likeness (QED) is 0.200. The molecule has 0 unspecified atom stereocenters. The van der Waals surface area contributed by atoms with E-state index in [1.54, 1.807) is 48.5 Å². The zero-order valence-electron chi connectivity index (χ0n) is 18.0. The van der Waals surface area contributed by atoms with Gasteiger partial charge in [0.25, 0.3) is 16.8 Å². The Morgan fingerprint density at radius 2 is 1.91 bits per heavy atom. The van der Waals surface area contributed by atoms with Crippen LogP contribution in [0.4, 0.5) is 10.5 Å². The van der Waals surface area contributed by atoms with E-state index in [4.69, 9.17) is 4.74 Å². The first-order valence-electron chi connectivity index (χ1n) is 10.2. The number of ether oxygens (including phenoxy) is 1. The fourth-order valence-corrected chi connectivity index (χ4v) is 4.61. The Morgan fingerprint density at radius 1 is 1.11 bits per heavy atom. The van der Waals surface area contributed by atoms with Gasteiger partial charge < -0.3 is 4.74 Å². The summed E-state index contributed by atoms with van der Waals surface area (Å²) in [7, 11) is 0. The van der Waals surface area contributed by atoms with Gasteiger partial charge in [0.15, 0.2) is 0 Å². The van der Waals surface area contributed by atoms with Crippen LogP contribution in [0.5, 0.6) is 5.75 Å². The van der Waals surface area contributed by atoms with Crippen molar-refractivity contribution in [2.45, 2.75) is 13.2 Å². The molecule has 4 rings (SSSR count). The minimum atomic E-state index is -0.527. The lowest BCUT2D eigenvalue weighted by molar-refractivity contribution is -0.384. The topological polar surface area (TPSA) is 114 Å². The van der Waals surface area contributed by atoms with E-state index in [2.05, 4.69) is 22.0 Å². The van der Waals surface area contributed by atoms with Crippen LogP contribution in [0.1, 0.15) is 22.3 Å². The molecule has 1 aliphatic rings. The summed E-state index contributed by atoms with van der Waals surface area (Å²) in [6.45, 7) is 0.0803. The molecule has 1 fully saturated rings. The molecule has 0 radical (unpaired) electrons. The molecule has 10 heteroatoms. The number of benzene rings is 3. The summed E-state index contributed by atoms with van der Waals surface area (Å²) in [5.41, 5.74) is 2.17. The number of rotatable bonds is 7. The van der Waals surface area contributed by atoms with E-state index in [0.717, 1.165) is 26.7 Å². The smallest absolute Gasteiger partial charge is 0.293 e. The van der Waals surface area contributed by atoms with Crippen LogP contribution in [0.25, 0.3) is 6.08 Å². The highest BCUT2D eigenvalue weighted by Crippen LogP contribution is 2.36. The highest BCUT2D eigenvalue weighted by Gasteiger charge is 2.35. The van der Waals surface area contributed by atoms with E-state index in [0.29, 0.717) is 22.4 Å². The molecular formula is C25H16BrN3O5S. The summed E-state index contributed by atoms with van der Waals surface area (Å²) in [4.78, 5) is 37.3. The maximum absolute atomic E-state index is 13.0. The van der Waals surface area contributed by atoms with Crippen molar-refractivity contribution in [3.63, 3.8) is 0 Å². The fourth-order valence-electron chi connectivity index (χ4n) is 3.40. The van der Waals surface area contributed by atoms with E-state index in [9.17, 15) is 25.0 Å². The minimum Gasteiger partial charge on any atom is -0.488 e. The van der Waals surface area contributed by atoms with Gasteiger partial charge in [-0.2, -0.15) is 5.26 Å². The van der Waals surface area contributed by atoms with Crippen molar-refractivity contribution in [2.24, 2.45) is 0 Å². The van der Waals surface area contributed by atoms with Crippen LogP contribution in [0.15, 0.2) is 76.1 Å². The third-order valence-electron chi connectivity index (χ3n) is 5.12. The molecule has 0 N–H and O–H groups in total. The minimum absolute atomic E-state index is 0.0729. The van der Waals surface area contributed by atoms with E-state index in [-0.39, 0.29) is 23.7 Å². The molecule has 2 amide bonds. The van der Waals surface area contributed by atoms with Gasteiger partial charge in [-0.05, 0) is 47.7 Å². The first kappa shape index (κ1) is 24.2. The number of nitro groups is 1. The second kappa shape index (κ2) is 10.5. The number of imide groups is 1. The van der Waals surface area contributed by atoms with Crippen molar-refractivity contribution >= 4 is 50.6 Å². The van der Waals surface area contributed by atoms with E-state index >= 15 is 0 Å². The van der Waals surface area contributed by atoms with Gasteiger partial charge in [-0.1, -0.05) is 46.3 Å². The van der Waals surface area contributed by atoms with Crippen LogP contribution in [0.3, 0.4) is 0 Å². The fraction of sp³-hybridized carbons (Fsp3) is 0.0800. The molecule has 35 heavy (non-hydrogen) atoms. The SMILES string of the molecule is N#Cc1ccccc1COc1ccc(Br)cc1C=C1SC(=O)N(Cc2cccc([N+](=O)[O-])c2)C1=O. The van der Waals surface area contributed by atoms with Crippen molar-refractivity contribution in [1.29, 1.82) is 5.26 Å². The molecule has 1 aliphatic heterocycles. The standard InChI is InChI=1S/C25H16BrN3O5S/c26-20-8-9-22(34-15-18-6-2-1-5-17(18)13-27)19(11-20)12-23-24(30)28(25(31)35-23)14-16-4-3-7-21(10-16)29(32)33/h1-12H,14-15H2. The van der Waals surface area contributed by atoms with Crippen LogP contribution in [-0.2, 0) is 17.9 Å². The average Bonchev–Trinajstić information content (AvgIpc) is 3.11. The van der Waals surface area contributed by atoms with Crippen LogP contribution < -0.4 is 4.74 Å². The molecular weight excluding hydrogens is 534 g/mol. The van der Waals surface area contributed by atoms with E-state index in [1.165, 1.54) is 18.2 Å². The van der Waals surface area contributed by atoms with Gasteiger partial charge in [-0.25, -0.2) is 0 Å². The lowest BCUT2D eigenvalue weighted by Crippen LogP contribution is -2.27. The van der Waals surface area contributed by atoms with Crippen LogP contribution >= 0.6 is 27.7 Å². The summed E-state index contributed by atoms with van der Waals surface area (Å²) in [5.74, 6) is -0.0151. The number of carbonyl (C=O) groups is 2. The highest BCUT2D eigenvalue weighted by molar-refractivity contribution is 9.10. The van der Waals surface area contributed by atoms with Crippen molar-refractivity contribution in [1.82, 2.24) is 4.90 Å². The zero-order chi connectivity index (χ0) is 24.9. The predicted octanol–water partition coefficient (Wildman–Crippen LogP) is 6.04. The van der Waals surface area contributed by atoms with Crippen LogP contribution in [0.2, 0.25) is 0 Å². The summed E-state index contributed by atoms with van der Waals surface area (Å²) < 4.78 is 6.71. The third kappa shape index (κ3) is 5.59. The number of nitrogens with zero attached hydrogens (tertiary/aromatic N) is 3. The van der Waals surface area contributed by atoms with Crippen LogP contribution in [0, 0.1) is 21.4 Å². The molecule has 0 atom stereocenters. The van der Waals surface area contributed by atoms with Gasteiger partial charge in [0.1, 0.15) is 12.4 Å². The zero-order valence-corrected chi connectivity index (χ0v) is 20.4. The van der Waals surface area contributed by atoms with Gasteiger partial charge in [0.2, 0.25) is 0 Å². The Hall–Kier alpha value is -3.94. The Morgan fingerprint density at radius 3 is 2.69 bits per heavy atom. The molecule has 0 bridgehead atoms. The number of halogens is 1. The number of thioether (sulfide) groups is 1. The molecule has 3 aromatic carbocycles. The molecule has 0 saturated carbocycles. The van der Waals surface area contributed by atoms with Gasteiger partial charge in [-0.3, -0.25) is 24.6 Å². The molecule has 3 aromatic rings. The molecule has 8 nitrogen and oxygen atoms in total. The predicted molar refractivity (Wildman–Crippen MR) is 134 cm³/mol. The highest BCUT2D eigenvalue weighted by atomic mass is 79.9. The Kier molecular flexibility index (Phi) is 7.29. The number of nitro benzene ring substituents is 1. The van der Waals surface area contributed by atoms with Crippen molar-refractivity contribution in [2.75, 3.05) is 0 Å². The first-order chi connectivity index (χ1) is 16.9. The summed E-state index contributed by atoms with van der Waals surface area (Å²) >= 11 is 4.21. The maximum atomic E-state index is 13.0. The normalized spacial score (nSPS) is 14.3. The van der Waals surface area contributed by atoms with E-state index < -0.39 is 16.1 Å². The molecule has 174 valence electrons. The molecule has 0 spiro atoms. The Labute approximate surface area is 213 Å². The summed E-state index contributed by atoms with van der Waals surface area (Å²) in [6.07, 6.45) is 1.58. The lowest BCUT2D eigenvalue weighted by Gasteiger charge is -2.13. The van der Waals surface area contributed by atoms with E-state index in [1.807, 2.05) is 6.07 Å². The molecule has 1 saturated heterocycles. The van der Waals surface area contributed by atoms with Crippen LogP contribution in [-0.4, -0.2) is 21.0 Å². The Balaban J connectivity index is 1.56. The van der Waals surface area contributed by atoms with Crippen molar-refractivity contribution < 1.29 is 19.2 Å². The van der Waals surface area contributed by atoms with Crippen molar-refractivity contribution in [3.8, 4) is 11.8 Å². The molecule has 1 heterocycles. The van der Waals surface area contributed by atoms with Gasteiger partial charge >= 0.3 is 0 Å². The van der Waals surface area contributed by atoms with Gasteiger partial charge in [-0.15, -0.1) is 0 Å².